The van der Waals surface area contributed by atoms with Crippen LogP contribution in [0.4, 0.5) is 5.69 Å². The number of aromatic nitrogens is 2. The molecule has 2 heterocycles. The molecule has 1 fully saturated rings. The van der Waals surface area contributed by atoms with Crippen LogP contribution in [0.2, 0.25) is 0 Å². The number of hydrogen-bond donors (Lipinski definition) is 2. The molecule has 126 valence electrons. The number of carbonyl (C=O) groups excluding carboxylic acids is 2. The van der Waals surface area contributed by atoms with Gasteiger partial charge in [0, 0.05) is 18.3 Å². The standard InChI is InChI=1S/C17H20N4O3/c22-16(8-7-15-6-3-9-24-15)20-14-10-18-21(11-14)12-17(23)19-13-4-1-2-5-13/h3,6-11,13H,1-2,4-5,12H2,(H,19,23)(H,20,22)/b8-7+. The Balaban J connectivity index is 1.47. The first-order chi connectivity index (χ1) is 11.7. The fraction of sp³-hybridized carbons (Fsp3) is 0.353. The van der Waals surface area contributed by atoms with Crippen LogP contribution in [0.1, 0.15) is 31.4 Å². The van der Waals surface area contributed by atoms with E-state index in [9.17, 15) is 9.59 Å². The Morgan fingerprint density at radius 1 is 1.38 bits per heavy atom. The Morgan fingerprint density at radius 3 is 2.96 bits per heavy atom. The summed E-state index contributed by atoms with van der Waals surface area (Å²) in [4.78, 5) is 23.8. The highest BCUT2D eigenvalue weighted by Gasteiger charge is 2.17. The molecule has 0 unspecified atom stereocenters. The third-order valence-corrected chi connectivity index (χ3v) is 3.87. The van der Waals surface area contributed by atoms with Crippen LogP contribution in [-0.4, -0.2) is 27.6 Å². The van der Waals surface area contributed by atoms with Gasteiger partial charge in [0.25, 0.3) is 0 Å². The SMILES string of the molecule is O=C(/C=C/c1ccco1)Nc1cnn(CC(=O)NC2CCCC2)c1. The molecule has 2 aromatic rings. The molecule has 0 radical (unpaired) electrons. The van der Waals surface area contributed by atoms with Crippen molar-refractivity contribution in [2.45, 2.75) is 38.3 Å². The molecule has 24 heavy (non-hydrogen) atoms. The third kappa shape index (κ3) is 4.58. The van der Waals surface area contributed by atoms with E-state index in [0.29, 0.717) is 17.5 Å². The summed E-state index contributed by atoms with van der Waals surface area (Å²) in [5.74, 6) is 0.256. The first kappa shape index (κ1) is 16.0. The number of nitrogens with one attached hydrogen (secondary N) is 2. The van der Waals surface area contributed by atoms with Gasteiger partial charge in [-0.1, -0.05) is 12.8 Å². The lowest BCUT2D eigenvalue weighted by Gasteiger charge is -2.11. The van der Waals surface area contributed by atoms with Gasteiger partial charge in [0.1, 0.15) is 12.3 Å². The molecule has 7 nitrogen and oxygen atoms in total. The molecule has 0 aromatic carbocycles. The highest BCUT2D eigenvalue weighted by atomic mass is 16.3. The summed E-state index contributed by atoms with van der Waals surface area (Å²) >= 11 is 0. The second-order valence-electron chi connectivity index (χ2n) is 5.81. The minimum absolute atomic E-state index is 0.0550. The quantitative estimate of drug-likeness (QED) is 0.796. The number of anilines is 1. The minimum atomic E-state index is -0.290. The Kier molecular flexibility index (Phi) is 5.10. The molecular weight excluding hydrogens is 308 g/mol. The van der Waals surface area contributed by atoms with Crippen LogP contribution in [0.25, 0.3) is 6.08 Å². The normalized spacial score (nSPS) is 15.0. The van der Waals surface area contributed by atoms with Crippen molar-refractivity contribution in [3.8, 4) is 0 Å². The number of hydrogen-bond acceptors (Lipinski definition) is 4. The van der Waals surface area contributed by atoms with Crippen molar-refractivity contribution in [2.75, 3.05) is 5.32 Å². The number of rotatable bonds is 6. The van der Waals surface area contributed by atoms with Crippen LogP contribution in [-0.2, 0) is 16.1 Å². The molecule has 2 amide bonds. The molecule has 0 atom stereocenters. The second kappa shape index (κ2) is 7.63. The summed E-state index contributed by atoms with van der Waals surface area (Å²) in [5, 5.41) is 9.79. The number of nitrogens with zero attached hydrogens (tertiary/aromatic N) is 2. The molecule has 1 aliphatic rings. The second-order valence-corrected chi connectivity index (χ2v) is 5.81. The molecule has 2 N–H and O–H groups in total. The van der Waals surface area contributed by atoms with Crippen LogP contribution >= 0.6 is 0 Å². The van der Waals surface area contributed by atoms with Gasteiger partial charge in [-0.3, -0.25) is 14.3 Å². The van der Waals surface area contributed by atoms with Crippen molar-refractivity contribution in [2.24, 2.45) is 0 Å². The van der Waals surface area contributed by atoms with Crippen LogP contribution in [0.3, 0.4) is 0 Å². The Labute approximate surface area is 139 Å². The van der Waals surface area contributed by atoms with Gasteiger partial charge in [0.15, 0.2) is 0 Å². The lowest BCUT2D eigenvalue weighted by molar-refractivity contribution is -0.122. The topological polar surface area (TPSA) is 89.2 Å². The van der Waals surface area contributed by atoms with E-state index < -0.39 is 0 Å². The van der Waals surface area contributed by atoms with E-state index in [1.807, 2.05) is 0 Å². The maximum atomic E-state index is 12.0. The molecule has 1 saturated carbocycles. The van der Waals surface area contributed by atoms with Gasteiger partial charge >= 0.3 is 0 Å². The highest BCUT2D eigenvalue weighted by molar-refractivity contribution is 6.01. The van der Waals surface area contributed by atoms with E-state index >= 15 is 0 Å². The van der Waals surface area contributed by atoms with E-state index in [4.69, 9.17) is 4.42 Å². The molecule has 0 saturated heterocycles. The molecule has 0 spiro atoms. The molecule has 0 aliphatic heterocycles. The summed E-state index contributed by atoms with van der Waals surface area (Å²) in [7, 11) is 0. The van der Waals surface area contributed by atoms with Gasteiger partial charge in [-0.2, -0.15) is 5.10 Å². The van der Waals surface area contributed by atoms with Crippen LogP contribution in [0.5, 0.6) is 0 Å². The average molecular weight is 328 g/mol. The molecule has 1 aliphatic carbocycles. The smallest absolute Gasteiger partial charge is 0.248 e. The van der Waals surface area contributed by atoms with Crippen molar-refractivity contribution >= 4 is 23.6 Å². The lowest BCUT2D eigenvalue weighted by Crippen LogP contribution is -2.35. The van der Waals surface area contributed by atoms with Gasteiger partial charge in [0.05, 0.1) is 18.1 Å². The van der Waals surface area contributed by atoms with Gasteiger partial charge in [-0.25, -0.2) is 0 Å². The van der Waals surface area contributed by atoms with E-state index in [-0.39, 0.29) is 18.4 Å². The predicted molar refractivity (Wildman–Crippen MR) is 89.0 cm³/mol. The van der Waals surface area contributed by atoms with Crippen molar-refractivity contribution in [1.29, 1.82) is 0 Å². The van der Waals surface area contributed by atoms with Crippen LogP contribution in [0.15, 0.2) is 41.3 Å². The highest BCUT2D eigenvalue weighted by Crippen LogP contribution is 2.17. The minimum Gasteiger partial charge on any atom is -0.465 e. The number of furan rings is 1. The fourth-order valence-electron chi connectivity index (χ4n) is 2.73. The van der Waals surface area contributed by atoms with E-state index in [1.54, 1.807) is 24.4 Å². The van der Waals surface area contributed by atoms with Gasteiger partial charge in [-0.15, -0.1) is 0 Å². The van der Waals surface area contributed by atoms with Crippen molar-refractivity contribution < 1.29 is 14.0 Å². The lowest BCUT2D eigenvalue weighted by atomic mass is 10.2. The zero-order chi connectivity index (χ0) is 16.8. The number of amides is 2. The molecule has 0 bridgehead atoms. The summed E-state index contributed by atoms with van der Waals surface area (Å²) in [6.07, 6.45) is 12.1. The van der Waals surface area contributed by atoms with Crippen molar-refractivity contribution in [3.63, 3.8) is 0 Å². The Bertz CT molecular complexity index is 712. The zero-order valence-electron chi connectivity index (χ0n) is 13.3. The Morgan fingerprint density at radius 2 is 2.21 bits per heavy atom. The zero-order valence-corrected chi connectivity index (χ0v) is 13.3. The van der Waals surface area contributed by atoms with Crippen molar-refractivity contribution in [1.82, 2.24) is 15.1 Å². The maximum Gasteiger partial charge on any atom is 0.248 e. The largest absolute Gasteiger partial charge is 0.465 e. The maximum absolute atomic E-state index is 12.0. The first-order valence-electron chi connectivity index (χ1n) is 8.03. The summed E-state index contributed by atoms with van der Waals surface area (Å²) in [5.41, 5.74) is 0.540. The van der Waals surface area contributed by atoms with Gasteiger partial charge in [0.2, 0.25) is 11.8 Å². The van der Waals surface area contributed by atoms with Gasteiger partial charge in [-0.05, 0) is 31.1 Å². The van der Waals surface area contributed by atoms with Crippen molar-refractivity contribution in [3.05, 3.63) is 42.6 Å². The van der Waals surface area contributed by atoms with Gasteiger partial charge < -0.3 is 15.1 Å². The molecule has 2 aromatic heterocycles. The van der Waals surface area contributed by atoms with Crippen LogP contribution in [0, 0.1) is 0 Å². The molecule has 7 heteroatoms. The average Bonchev–Trinajstić information content (AvgIpc) is 3.28. The Hall–Kier alpha value is -2.83. The summed E-state index contributed by atoms with van der Waals surface area (Å²) in [6, 6.07) is 3.79. The predicted octanol–water partition coefficient (Wildman–Crippen LogP) is 2.19. The molecule has 3 rings (SSSR count). The summed E-state index contributed by atoms with van der Waals surface area (Å²) < 4.78 is 6.62. The monoisotopic (exact) mass is 328 g/mol. The van der Waals surface area contributed by atoms with Crippen LogP contribution < -0.4 is 10.6 Å². The molecular formula is C17H20N4O3. The number of carbonyl (C=O) groups is 2. The van der Waals surface area contributed by atoms with E-state index in [1.165, 1.54) is 36.1 Å². The summed E-state index contributed by atoms with van der Waals surface area (Å²) in [6.45, 7) is 0.147. The van der Waals surface area contributed by atoms with E-state index in [2.05, 4.69) is 15.7 Å². The van der Waals surface area contributed by atoms with E-state index in [0.717, 1.165) is 12.8 Å². The fourth-order valence-corrected chi connectivity index (χ4v) is 2.73. The first-order valence-corrected chi connectivity index (χ1v) is 8.03. The third-order valence-electron chi connectivity index (χ3n) is 3.87.